The van der Waals surface area contributed by atoms with Gasteiger partial charge in [-0.1, -0.05) is 6.92 Å². The average Bonchev–Trinajstić information content (AvgIpc) is 2.04. The van der Waals surface area contributed by atoms with Crippen LogP contribution in [0.1, 0.15) is 32.6 Å². The van der Waals surface area contributed by atoms with Gasteiger partial charge in [0.25, 0.3) is 0 Å². The van der Waals surface area contributed by atoms with Gasteiger partial charge in [-0.25, -0.2) is 0 Å². The minimum atomic E-state index is 0.591. The van der Waals surface area contributed by atoms with E-state index in [9.17, 15) is 0 Å². The molecule has 0 N–H and O–H groups in total. The zero-order chi connectivity index (χ0) is 9.14. The molecule has 1 rings (SSSR count). The third kappa shape index (κ3) is 2.67. The number of thiol groups is 1. The lowest BCUT2D eigenvalue weighted by Gasteiger charge is -2.33. The van der Waals surface area contributed by atoms with Gasteiger partial charge in [-0.05, 0) is 45.7 Å². The topological polar surface area (TPSA) is 3.24 Å². The number of hydrogen-bond donors (Lipinski definition) is 1. The molecule has 1 aliphatic rings. The van der Waals surface area contributed by atoms with E-state index in [-0.39, 0.29) is 0 Å². The predicted molar refractivity (Wildman–Crippen MR) is 57.9 cm³/mol. The van der Waals surface area contributed by atoms with Crippen LogP contribution in [-0.2, 0) is 0 Å². The molecule has 1 nitrogen and oxygen atoms in total. The van der Waals surface area contributed by atoms with E-state index < -0.39 is 0 Å². The van der Waals surface area contributed by atoms with Crippen LogP contribution in [0.2, 0.25) is 0 Å². The van der Waals surface area contributed by atoms with E-state index in [2.05, 4.69) is 38.5 Å². The number of rotatable bonds is 2. The summed E-state index contributed by atoms with van der Waals surface area (Å²) in [5, 5.41) is 0.591. The Morgan fingerprint density at radius 1 is 1.17 bits per heavy atom. The van der Waals surface area contributed by atoms with E-state index in [1.54, 1.807) is 0 Å². The lowest BCUT2D eigenvalue weighted by Crippen LogP contribution is -2.33. The molecule has 0 radical (unpaired) electrons. The minimum absolute atomic E-state index is 0.591. The smallest absolute Gasteiger partial charge is 0.00893 e. The van der Waals surface area contributed by atoms with Crippen LogP contribution in [0.15, 0.2) is 0 Å². The zero-order valence-electron chi connectivity index (χ0n) is 8.45. The highest BCUT2D eigenvalue weighted by Gasteiger charge is 2.24. The Morgan fingerprint density at radius 3 is 2.00 bits per heavy atom. The Hall–Kier alpha value is 0.310. The Balaban J connectivity index is 2.30. The summed E-state index contributed by atoms with van der Waals surface area (Å²) >= 11 is 4.51. The van der Waals surface area contributed by atoms with Gasteiger partial charge in [-0.15, -0.1) is 0 Å². The third-order valence-corrected chi connectivity index (χ3v) is 3.58. The molecule has 0 aromatic carbocycles. The van der Waals surface area contributed by atoms with Gasteiger partial charge >= 0.3 is 0 Å². The van der Waals surface area contributed by atoms with Gasteiger partial charge in [0.1, 0.15) is 0 Å². The van der Waals surface area contributed by atoms with Crippen LogP contribution in [0.25, 0.3) is 0 Å². The van der Waals surface area contributed by atoms with Crippen molar-refractivity contribution in [3.63, 3.8) is 0 Å². The van der Waals surface area contributed by atoms with Crippen molar-refractivity contribution in [2.24, 2.45) is 5.92 Å². The molecule has 1 aliphatic carbocycles. The monoisotopic (exact) mass is 187 g/mol. The van der Waals surface area contributed by atoms with E-state index in [0.29, 0.717) is 5.25 Å². The van der Waals surface area contributed by atoms with Gasteiger partial charge in [0.2, 0.25) is 0 Å². The fourth-order valence-electron chi connectivity index (χ4n) is 2.10. The maximum atomic E-state index is 4.51. The molecular formula is C10H21NS. The Bertz CT molecular complexity index is 110. The van der Waals surface area contributed by atoms with Crippen molar-refractivity contribution in [1.82, 2.24) is 4.90 Å². The Kier molecular flexibility index (Phi) is 3.91. The van der Waals surface area contributed by atoms with Crippen LogP contribution in [0.5, 0.6) is 0 Å². The van der Waals surface area contributed by atoms with Crippen LogP contribution in [-0.4, -0.2) is 30.3 Å². The predicted octanol–water partition coefficient (Wildman–Crippen LogP) is 2.43. The van der Waals surface area contributed by atoms with Crippen LogP contribution < -0.4 is 0 Å². The summed E-state index contributed by atoms with van der Waals surface area (Å²) in [4.78, 5) is 2.36. The molecule has 0 unspecified atom stereocenters. The summed E-state index contributed by atoms with van der Waals surface area (Å²) in [6.45, 7) is 2.23. The number of hydrogen-bond acceptors (Lipinski definition) is 2. The van der Waals surface area contributed by atoms with Crippen LogP contribution in [0, 0.1) is 5.92 Å². The first-order valence-corrected chi connectivity index (χ1v) is 5.47. The molecule has 0 aromatic heterocycles. The zero-order valence-corrected chi connectivity index (χ0v) is 9.35. The maximum Gasteiger partial charge on any atom is 0.00893 e. The quantitative estimate of drug-likeness (QED) is 0.650. The van der Waals surface area contributed by atoms with Crippen LogP contribution >= 0.6 is 12.6 Å². The van der Waals surface area contributed by atoms with Crippen molar-refractivity contribution in [3.05, 3.63) is 0 Å². The molecule has 0 bridgehead atoms. The second-order valence-corrected chi connectivity index (χ2v) is 5.09. The Labute approximate surface area is 81.9 Å². The van der Waals surface area contributed by atoms with Crippen molar-refractivity contribution in [2.75, 3.05) is 14.1 Å². The summed E-state index contributed by atoms with van der Waals surface area (Å²) < 4.78 is 0. The van der Waals surface area contributed by atoms with E-state index in [1.807, 2.05) is 0 Å². The van der Waals surface area contributed by atoms with Gasteiger partial charge in [0.05, 0.1) is 0 Å². The maximum absolute atomic E-state index is 4.51. The molecule has 1 saturated carbocycles. The van der Waals surface area contributed by atoms with Crippen molar-refractivity contribution in [2.45, 2.75) is 43.9 Å². The summed E-state index contributed by atoms with van der Waals surface area (Å²) in [5.74, 6) is 0.865. The van der Waals surface area contributed by atoms with E-state index in [1.165, 1.54) is 25.7 Å². The standard InChI is InChI=1S/C10H21NS/c1-8(12)9-4-6-10(7-5-9)11(2)3/h8-10,12H,4-7H2,1-3H3/t8-,9?,10?/m1/s1. The van der Waals surface area contributed by atoms with Gasteiger partial charge in [-0.3, -0.25) is 0 Å². The molecule has 1 atom stereocenters. The molecule has 0 aliphatic heterocycles. The Morgan fingerprint density at radius 2 is 1.67 bits per heavy atom. The molecule has 0 saturated heterocycles. The van der Waals surface area contributed by atoms with Gasteiger partial charge in [0, 0.05) is 11.3 Å². The molecule has 2 heteroatoms. The molecule has 0 aromatic rings. The average molecular weight is 187 g/mol. The van der Waals surface area contributed by atoms with Gasteiger partial charge in [-0.2, -0.15) is 12.6 Å². The highest BCUT2D eigenvalue weighted by Crippen LogP contribution is 2.30. The summed E-state index contributed by atoms with van der Waals surface area (Å²) in [7, 11) is 4.38. The van der Waals surface area contributed by atoms with Gasteiger partial charge < -0.3 is 4.90 Å². The first kappa shape index (κ1) is 10.4. The van der Waals surface area contributed by atoms with E-state index in [4.69, 9.17) is 0 Å². The largest absolute Gasteiger partial charge is 0.306 e. The summed E-state index contributed by atoms with van der Waals surface area (Å²) in [6, 6.07) is 0.827. The lowest BCUT2D eigenvalue weighted by molar-refractivity contribution is 0.194. The first-order chi connectivity index (χ1) is 5.61. The molecule has 72 valence electrons. The third-order valence-electron chi connectivity index (χ3n) is 3.15. The highest BCUT2D eigenvalue weighted by atomic mass is 32.1. The van der Waals surface area contributed by atoms with E-state index >= 15 is 0 Å². The second-order valence-electron chi connectivity index (χ2n) is 4.27. The normalized spacial score (nSPS) is 33.8. The fraction of sp³-hybridized carbons (Fsp3) is 1.00. The van der Waals surface area contributed by atoms with Gasteiger partial charge in [0.15, 0.2) is 0 Å². The van der Waals surface area contributed by atoms with Crippen LogP contribution in [0.4, 0.5) is 0 Å². The van der Waals surface area contributed by atoms with Crippen molar-refractivity contribution in [3.8, 4) is 0 Å². The molecule has 0 heterocycles. The molecule has 0 amide bonds. The lowest BCUT2D eigenvalue weighted by atomic mass is 9.84. The number of nitrogens with zero attached hydrogens (tertiary/aromatic N) is 1. The summed E-state index contributed by atoms with van der Waals surface area (Å²) in [6.07, 6.45) is 5.46. The second kappa shape index (κ2) is 4.52. The first-order valence-electron chi connectivity index (χ1n) is 4.95. The van der Waals surface area contributed by atoms with E-state index in [0.717, 1.165) is 12.0 Å². The SMILES string of the molecule is C[C@@H](S)C1CCC(N(C)C)CC1. The summed E-state index contributed by atoms with van der Waals surface area (Å²) in [5.41, 5.74) is 0. The molecular weight excluding hydrogens is 166 g/mol. The van der Waals surface area contributed by atoms with Crippen molar-refractivity contribution < 1.29 is 0 Å². The minimum Gasteiger partial charge on any atom is -0.306 e. The molecule has 0 spiro atoms. The van der Waals surface area contributed by atoms with Crippen molar-refractivity contribution >= 4 is 12.6 Å². The molecule has 1 fully saturated rings. The highest BCUT2D eigenvalue weighted by molar-refractivity contribution is 7.80. The molecule has 12 heavy (non-hydrogen) atoms. The fourth-order valence-corrected chi connectivity index (χ4v) is 2.40. The van der Waals surface area contributed by atoms with Crippen LogP contribution in [0.3, 0.4) is 0 Å². The van der Waals surface area contributed by atoms with Crippen molar-refractivity contribution in [1.29, 1.82) is 0 Å².